The van der Waals surface area contributed by atoms with Gasteiger partial charge in [-0.15, -0.1) is 0 Å². The largest absolute Gasteiger partial charge is 0.508 e. The smallest absolute Gasteiger partial charge is 0.256 e. The first kappa shape index (κ1) is 10.5. The normalized spacial score (nSPS) is 10.7. The Labute approximate surface area is 92.5 Å². The lowest BCUT2D eigenvalue weighted by atomic mass is 10.0. The summed E-state index contributed by atoms with van der Waals surface area (Å²) in [5.74, 6) is 0.575. The highest BCUT2D eigenvalue weighted by molar-refractivity contribution is 5.92. The third-order valence-electron chi connectivity index (χ3n) is 2.68. The van der Waals surface area contributed by atoms with Gasteiger partial charge >= 0.3 is 0 Å². The molecule has 2 rings (SSSR count). The zero-order valence-corrected chi connectivity index (χ0v) is 9.42. The minimum absolute atomic E-state index is 0.0682. The van der Waals surface area contributed by atoms with Crippen LogP contribution in [0.4, 0.5) is 0 Å². The Morgan fingerprint density at radius 2 is 2.00 bits per heavy atom. The van der Waals surface area contributed by atoms with Gasteiger partial charge in [-0.25, -0.2) is 0 Å². The molecule has 0 spiro atoms. The van der Waals surface area contributed by atoms with E-state index in [4.69, 9.17) is 4.74 Å². The number of phenols is 1. The number of pyridine rings is 1. The summed E-state index contributed by atoms with van der Waals surface area (Å²) in [6.07, 6.45) is 0. The number of phenolic OH excluding ortho intramolecular Hbond substituents is 1. The van der Waals surface area contributed by atoms with Crippen molar-refractivity contribution in [2.75, 3.05) is 7.11 Å². The summed E-state index contributed by atoms with van der Waals surface area (Å²) in [4.78, 5) is 14.5. The number of aromatic hydroxyl groups is 1. The van der Waals surface area contributed by atoms with Gasteiger partial charge in [0.25, 0.3) is 5.56 Å². The van der Waals surface area contributed by atoms with E-state index in [1.807, 2.05) is 13.0 Å². The lowest BCUT2D eigenvalue weighted by Gasteiger charge is -2.09. The van der Waals surface area contributed by atoms with Gasteiger partial charge in [0, 0.05) is 22.7 Å². The molecule has 0 aliphatic carbocycles. The van der Waals surface area contributed by atoms with Gasteiger partial charge < -0.3 is 14.8 Å². The average molecular weight is 219 g/mol. The second kappa shape index (κ2) is 3.56. The molecule has 0 atom stereocenters. The summed E-state index contributed by atoms with van der Waals surface area (Å²) in [6.45, 7) is 3.52. The first-order chi connectivity index (χ1) is 7.54. The predicted octanol–water partition coefficient (Wildman–Crippen LogP) is 1.86. The fourth-order valence-electron chi connectivity index (χ4n) is 1.86. The molecule has 0 saturated carbocycles. The minimum atomic E-state index is -0.207. The Kier molecular flexibility index (Phi) is 2.34. The number of rotatable bonds is 1. The van der Waals surface area contributed by atoms with Crippen LogP contribution in [-0.4, -0.2) is 17.2 Å². The van der Waals surface area contributed by atoms with E-state index in [-0.39, 0.29) is 11.3 Å². The number of hydrogen-bond donors (Lipinski definition) is 2. The summed E-state index contributed by atoms with van der Waals surface area (Å²) >= 11 is 0. The van der Waals surface area contributed by atoms with Crippen molar-refractivity contribution in [1.29, 1.82) is 0 Å². The highest BCUT2D eigenvalue weighted by Gasteiger charge is 2.12. The van der Waals surface area contributed by atoms with Gasteiger partial charge in [-0.1, -0.05) is 0 Å². The maximum atomic E-state index is 11.8. The van der Waals surface area contributed by atoms with E-state index in [1.54, 1.807) is 6.92 Å². The van der Waals surface area contributed by atoms with Crippen molar-refractivity contribution in [3.8, 4) is 11.5 Å². The van der Waals surface area contributed by atoms with Crippen molar-refractivity contribution < 1.29 is 9.84 Å². The van der Waals surface area contributed by atoms with Gasteiger partial charge in [0.1, 0.15) is 11.5 Å². The van der Waals surface area contributed by atoms with Gasteiger partial charge in [0.2, 0.25) is 0 Å². The number of H-pyrrole nitrogens is 1. The molecule has 0 aliphatic heterocycles. The van der Waals surface area contributed by atoms with Crippen LogP contribution in [0.15, 0.2) is 16.9 Å². The quantitative estimate of drug-likeness (QED) is 0.769. The Bertz CT molecular complexity index is 614. The van der Waals surface area contributed by atoms with Crippen molar-refractivity contribution in [2.24, 2.45) is 0 Å². The topological polar surface area (TPSA) is 62.3 Å². The summed E-state index contributed by atoms with van der Waals surface area (Å²) in [7, 11) is 1.51. The van der Waals surface area contributed by atoms with Gasteiger partial charge in [-0.05, 0) is 19.9 Å². The van der Waals surface area contributed by atoms with Crippen LogP contribution in [0.25, 0.3) is 10.8 Å². The van der Waals surface area contributed by atoms with Crippen LogP contribution in [-0.2, 0) is 0 Å². The van der Waals surface area contributed by atoms with Crippen molar-refractivity contribution in [3.63, 3.8) is 0 Å². The van der Waals surface area contributed by atoms with Crippen LogP contribution in [0.1, 0.15) is 11.3 Å². The van der Waals surface area contributed by atoms with Crippen LogP contribution < -0.4 is 10.3 Å². The minimum Gasteiger partial charge on any atom is -0.508 e. The second-order valence-electron chi connectivity index (χ2n) is 3.79. The van der Waals surface area contributed by atoms with Crippen molar-refractivity contribution in [2.45, 2.75) is 13.8 Å². The van der Waals surface area contributed by atoms with Crippen molar-refractivity contribution >= 4 is 10.8 Å². The molecule has 0 aliphatic rings. The third kappa shape index (κ3) is 1.43. The maximum absolute atomic E-state index is 11.8. The fraction of sp³-hybridized carbons (Fsp3) is 0.250. The molecule has 1 aromatic carbocycles. The van der Waals surface area contributed by atoms with Crippen molar-refractivity contribution in [3.05, 3.63) is 33.7 Å². The predicted molar refractivity (Wildman–Crippen MR) is 62.3 cm³/mol. The molecule has 0 radical (unpaired) electrons. The number of aromatic nitrogens is 1. The summed E-state index contributed by atoms with van der Waals surface area (Å²) in [5, 5.41) is 10.9. The lowest BCUT2D eigenvalue weighted by molar-refractivity contribution is 0.412. The monoisotopic (exact) mass is 219 g/mol. The van der Waals surface area contributed by atoms with Gasteiger partial charge in [-0.3, -0.25) is 4.79 Å². The van der Waals surface area contributed by atoms with Crippen LogP contribution >= 0.6 is 0 Å². The molecule has 0 amide bonds. The number of fused-ring (bicyclic) bond motifs is 1. The Balaban J connectivity index is 3.05. The van der Waals surface area contributed by atoms with Crippen LogP contribution in [0.2, 0.25) is 0 Å². The first-order valence-electron chi connectivity index (χ1n) is 4.94. The molecular weight excluding hydrogens is 206 g/mol. The first-order valence-corrected chi connectivity index (χ1v) is 4.94. The molecule has 4 nitrogen and oxygen atoms in total. The number of methoxy groups -OCH3 is 1. The number of benzene rings is 1. The molecule has 4 heteroatoms. The van der Waals surface area contributed by atoms with E-state index in [9.17, 15) is 9.90 Å². The number of aryl methyl sites for hydroxylation is 2. The summed E-state index contributed by atoms with van der Waals surface area (Å²) < 4.78 is 5.16. The Morgan fingerprint density at radius 3 is 2.62 bits per heavy atom. The van der Waals surface area contributed by atoms with E-state index in [0.29, 0.717) is 16.7 Å². The van der Waals surface area contributed by atoms with E-state index in [1.165, 1.54) is 13.2 Å². The van der Waals surface area contributed by atoms with E-state index in [0.717, 1.165) is 11.1 Å². The number of aromatic amines is 1. The summed E-state index contributed by atoms with van der Waals surface area (Å²) in [6, 6.07) is 3.36. The van der Waals surface area contributed by atoms with E-state index in [2.05, 4.69) is 4.98 Å². The lowest BCUT2D eigenvalue weighted by Crippen LogP contribution is -2.09. The van der Waals surface area contributed by atoms with Gasteiger partial charge in [0.15, 0.2) is 0 Å². The van der Waals surface area contributed by atoms with Gasteiger partial charge in [-0.2, -0.15) is 0 Å². The zero-order chi connectivity index (χ0) is 11.9. The Hall–Kier alpha value is -1.97. The molecular formula is C12H13NO3. The number of hydrogen-bond acceptors (Lipinski definition) is 3. The standard InChI is InChI=1S/C12H13NO3/c1-6-4-8-10(16-3)5-9(14)7(2)11(8)12(15)13-6/h4-5,14H,1-3H3,(H,13,15). The third-order valence-corrected chi connectivity index (χ3v) is 2.68. The van der Waals surface area contributed by atoms with E-state index < -0.39 is 0 Å². The highest BCUT2D eigenvalue weighted by atomic mass is 16.5. The van der Waals surface area contributed by atoms with Crippen molar-refractivity contribution in [1.82, 2.24) is 4.98 Å². The highest BCUT2D eigenvalue weighted by Crippen LogP contribution is 2.32. The molecule has 0 bridgehead atoms. The maximum Gasteiger partial charge on any atom is 0.256 e. The molecule has 1 aromatic heterocycles. The molecule has 0 fully saturated rings. The number of nitrogens with one attached hydrogen (secondary N) is 1. The molecule has 1 heterocycles. The summed E-state index contributed by atoms with van der Waals surface area (Å²) in [5.41, 5.74) is 1.12. The van der Waals surface area contributed by atoms with Gasteiger partial charge in [0.05, 0.1) is 12.5 Å². The Morgan fingerprint density at radius 1 is 1.31 bits per heavy atom. The fourth-order valence-corrected chi connectivity index (χ4v) is 1.86. The van der Waals surface area contributed by atoms with Crippen LogP contribution in [0.3, 0.4) is 0 Å². The zero-order valence-electron chi connectivity index (χ0n) is 9.42. The number of ether oxygens (including phenoxy) is 1. The molecule has 84 valence electrons. The molecule has 2 N–H and O–H groups in total. The van der Waals surface area contributed by atoms with Crippen LogP contribution in [0.5, 0.6) is 11.5 Å². The van der Waals surface area contributed by atoms with Crippen LogP contribution in [0, 0.1) is 13.8 Å². The molecule has 0 unspecified atom stereocenters. The second-order valence-corrected chi connectivity index (χ2v) is 3.79. The molecule has 2 aromatic rings. The average Bonchev–Trinajstić information content (AvgIpc) is 2.22. The van der Waals surface area contributed by atoms with E-state index >= 15 is 0 Å². The SMILES string of the molecule is COc1cc(O)c(C)c2c(=O)[nH]c(C)cc12. The molecule has 0 saturated heterocycles. The molecule has 16 heavy (non-hydrogen) atoms.